The lowest BCUT2D eigenvalue weighted by atomic mass is 10.3. The molecule has 0 aromatic carbocycles. The van der Waals surface area contributed by atoms with E-state index in [1.165, 1.54) is 17.0 Å². The first-order chi connectivity index (χ1) is 8.54. The van der Waals surface area contributed by atoms with Crippen molar-refractivity contribution in [1.29, 1.82) is 0 Å². The van der Waals surface area contributed by atoms with Gasteiger partial charge in [-0.1, -0.05) is 11.3 Å². The molecule has 0 aliphatic heterocycles. The maximum atomic E-state index is 5.53. The Morgan fingerprint density at radius 2 is 2.22 bits per heavy atom. The van der Waals surface area contributed by atoms with Gasteiger partial charge in [-0.3, -0.25) is 4.68 Å². The molecule has 0 saturated heterocycles. The number of rotatable bonds is 5. The number of aryl methyl sites for hydroxylation is 2. The van der Waals surface area contributed by atoms with Gasteiger partial charge in [0.25, 0.3) is 0 Å². The van der Waals surface area contributed by atoms with Crippen molar-refractivity contribution in [2.24, 2.45) is 0 Å². The number of nitrogens with zero attached hydrogens (tertiary/aromatic N) is 4. The second kappa shape index (κ2) is 5.45. The Morgan fingerprint density at radius 3 is 2.78 bits per heavy atom. The van der Waals surface area contributed by atoms with Crippen LogP contribution in [0.4, 0.5) is 5.13 Å². The summed E-state index contributed by atoms with van der Waals surface area (Å²) in [6.45, 7) is 7.73. The Kier molecular flexibility index (Phi) is 3.93. The second-order valence-corrected chi connectivity index (χ2v) is 5.52. The molecule has 2 aromatic heterocycles. The van der Waals surface area contributed by atoms with Gasteiger partial charge in [0.05, 0.1) is 18.8 Å². The molecule has 0 amide bonds. The average molecular weight is 266 g/mol. The van der Waals surface area contributed by atoms with Gasteiger partial charge in [-0.2, -0.15) is 5.10 Å². The van der Waals surface area contributed by atoms with E-state index in [1.807, 2.05) is 11.6 Å². The topological polar surface area (TPSA) is 81.7 Å². The third kappa shape index (κ3) is 3.27. The maximum Gasteiger partial charge on any atom is 0.203 e. The quantitative estimate of drug-likeness (QED) is 0.847. The number of hydrogen-bond acceptors (Lipinski definition) is 6. The van der Waals surface area contributed by atoms with Crippen molar-refractivity contribution in [3.05, 3.63) is 22.5 Å². The van der Waals surface area contributed by atoms with Crippen molar-refractivity contribution in [2.45, 2.75) is 39.9 Å². The molecule has 7 heteroatoms. The van der Waals surface area contributed by atoms with Gasteiger partial charge in [0.1, 0.15) is 5.01 Å². The summed E-state index contributed by atoms with van der Waals surface area (Å²) >= 11 is 1.41. The number of aromatic nitrogens is 4. The largest absolute Gasteiger partial charge is 0.374 e. The van der Waals surface area contributed by atoms with Crippen LogP contribution >= 0.6 is 11.3 Å². The minimum atomic E-state index is 0.313. The number of nitrogens with one attached hydrogen (secondary N) is 1. The third-order valence-corrected chi connectivity index (χ3v) is 3.39. The summed E-state index contributed by atoms with van der Waals surface area (Å²) in [5.41, 5.74) is 7.77. The number of anilines is 1. The van der Waals surface area contributed by atoms with E-state index >= 15 is 0 Å². The maximum absolute atomic E-state index is 5.53. The molecule has 2 heterocycles. The standard InChI is InChI=1S/C11H18N6S/c1-7-4-9(3)17(16-7)6-8(2)13-5-10-14-15-11(12)18-10/h4,8,13H,5-6H2,1-3H3,(H2,12,15)/t8-/m0/s1. The van der Waals surface area contributed by atoms with Crippen LogP contribution in [0.1, 0.15) is 23.3 Å². The van der Waals surface area contributed by atoms with Gasteiger partial charge in [0, 0.05) is 11.7 Å². The van der Waals surface area contributed by atoms with Crippen molar-refractivity contribution in [3.63, 3.8) is 0 Å². The van der Waals surface area contributed by atoms with Gasteiger partial charge >= 0.3 is 0 Å². The monoisotopic (exact) mass is 266 g/mol. The molecule has 0 aliphatic rings. The molecule has 0 unspecified atom stereocenters. The molecule has 0 bridgehead atoms. The van der Waals surface area contributed by atoms with Crippen molar-refractivity contribution in [2.75, 3.05) is 5.73 Å². The molecule has 2 rings (SSSR count). The molecule has 0 aliphatic carbocycles. The minimum Gasteiger partial charge on any atom is -0.374 e. The minimum absolute atomic E-state index is 0.313. The van der Waals surface area contributed by atoms with Gasteiger partial charge < -0.3 is 11.1 Å². The third-order valence-electron chi connectivity index (χ3n) is 2.63. The first-order valence-corrected chi connectivity index (χ1v) is 6.68. The lowest BCUT2D eigenvalue weighted by Gasteiger charge is -2.13. The fraction of sp³-hybridized carbons (Fsp3) is 0.545. The normalized spacial score (nSPS) is 12.8. The summed E-state index contributed by atoms with van der Waals surface area (Å²) in [5, 5.41) is 17.0. The zero-order chi connectivity index (χ0) is 13.1. The Morgan fingerprint density at radius 1 is 1.44 bits per heavy atom. The van der Waals surface area contributed by atoms with E-state index < -0.39 is 0 Å². The lowest BCUT2D eigenvalue weighted by molar-refractivity contribution is 0.443. The molecule has 0 fully saturated rings. The molecular formula is C11H18N6S. The highest BCUT2D eigenvalue weighted by atomic mass is 32.1. The van der Waals surface area contributed by atoms with Gasteiger partial charge in [0.15, 0.2) is 0 Å². The molecule has 0 saturated carbocycles. The Hall–Kier alpha value is -1.47. The number of hydrogen-bond donors (Lipinski definition) is 2. The van der Waals surface area contributed by atoms with Crippen LogP contribution in [-0.4, -0.2) is 26.0 Å². The average Bonchev–Trinajstić information content (AvgIpc) is 2.83. The highest BCUT2D eigenvalue weighted by Crippen LogP contribution is 2.10. The van der Waals surface area contributed by atoms with E-state index in [1.54, 1.807) is 0 Å². The van der Waals surface area contributed by atoms with Gasteiger partial charge in [-0.05, 0) is 26.8 Å². The number of nitrogen functional groups attached to an aromatic ring is 1. The highest BCUT2D eigenvalue weighted by molar-refractivity contribution is 7.15. The summed E-state index contributed by atoms with van der Waals surface area (Å²) in [5.74, 6) is 0. The lowest BCUT2D eigenvalue weighted by Crippen LogP contribution is -2.30. The predicted octanol–water partition coefficient (Wildman–Crippen LogP) is 1.11. The highest BCUT2D eigenvalue weighted by Gasteiger charge is 2.08. The van der Waals surface area contributed by atoms with Crippen LogP contribution in [0.5, 0.6) is 0 Å². The summed E-state index contributed by atoms with van der Waals surface area (Å²) in [7, 11) is 0. The van der Waals surface area contributed by atoms with Crippen molar-refractivity contribution < 1.29 is 0 Å². The van der Waals surface area contributed by atoms with E-state index in [9.17, 15) is 0 Å². The van der Waals surface area contributed by atoms with Gasteiger partial charge in [-0.25, -0.2) is 0 Å². The first-order valence-electron chi connectivity index (χ1n) is 5.87. The van der Waals surface area contributed by atoms with Crippen molar-refractivity contribution in [1.82, 2.24) is 25.3 Å². The molecule has 3 N–H and O–H groups in total. The summed E-state index contributed by atoms with van der Waals surface area (Å²) < 4.78 is 2.02. The second-order valence-electron chi connectivity index (χ2n) is 4.43. The van der Waals surface area contributed by atoms with Crippen LogP contribution in [0.25, 0.3) is 0 Å². The molecule has 2 aromatic rings. The van der Waals surface area contributed by atoms with E-state index in [2.05, 4.69) is 40.5 Å². The fourth-order valence-corrected chi connectivity index (χ4v) is 2.34. The number of nitrogens with two attached hydrogens (primary N) is 1. The molecule has 98 valence electrons. The molecule has 18 heavy (non-hydrogen) atoms. The molecule has 0 radical (unpaired) electrons. The summed E-state index contributed by atoms with van der Waals surface area (Å²) in [6, 6.07) is 2.39. The summed E-state index contributed by atoms with van der Waals surface area (Å²) in [4.78, 5) is 0. The van der Waals surface area contributed by atoms with Crippen molar-refractivity contribution in [3.8, 4) is 0 Å². The zero-order valence-corrected chi connectivity index (χ0v) is 11.7. The van der Waals surface area contributed by atoms with E-state index in [4.69, 9.17) is 5.73 Å². The van der Waals surface area contributed by atoms with Gasteiger partial charge in [0.2, 0.25) is 5.13 Å². The van der Waals surface area contributed by atoms with Crippen LogP contribution in [0.2, 0.25) is 0 Å². The molecule has 0 spiro atoms. The summed E-state index contributed by atoms with van der Waals surface area (Å²) in [6.07, 6.45) is 0. The van der Waals surface area contributed by atoms with Gasteiger partial charge in [-0.15, -0.1) is 10.2 Å². The molecule has 6 nitrogen and oxygen atoms in total. The van der Waals surface area contributed by atoms with Crippen LogP contribution < -0.4 is 11.1 Å². The van der Waals surface area contributed by atoms with E-state index in [-0.39, 0.29) is 0 Å². The predicted molar refractivity (Wildman–Crippen MR) is 72.3 cm³/mol. The van der Waals surface area contributed by atoms with Crippen LogP contribution in [0, 0.1) is 13.8 Å². The SMILES string of the molecule is Cc1cc(C)n(C[C@H](C)NCc2nnc(N)s2)n1. The Bertz CT molecular complexity index is 517. The van der Waals surface area contributed by atoms with Crippen LogP contribution in [-0.2, 0) is 13.1 Å². The Balaban J connectivity index is 1.85. The molecule has 1 atom stereocenters. The van der Waals surface area contributed by atoms with E-state index in [0.29, 0.717) is 17.7 Å². The first kappa shape index (κ1) is 13.0. The Labute approximate surface area is 110 Å². The zero-order valence-electron chi connectivity index (χ0n) is 10.8. The smallest absolute Gasteiger partial charge is 0.203 e. The van der Waals surface area contributed by atoms with Crippen LogP contribution in [0.3, 0.4) is 0 Å². The fourth-order valence-electron chi connectivity index (χ4n) is 1.78. The van der Waals surface area contributed by atoms with Crippen molar-refractivity contribution >= 4 is 16.5 Å². The van der Waals surface area contributed by atoms with E-state index in [0.717, 1.165) is 17.2 Å². The van der Waals surface area contributed by atoms with Crippen LogP contribution in [0.15, 0.2) is 6.07 Å². The molecular weight excluding hydrogens is 248 g/mol.